The molecule has 1 fully saturated rings. The number of benzene rings is 1. The molecule has 1 aliphatic heterocycles. The number of unbranched alkanes of at least 4 members (excludes halogenated alkanes) is 2. The summed E-state index contributed by atoms with van der Waals surface area (Å²) >= 11 is 0. The number of hydrogen-bond donors (Lipinski definition) is 1. The Morgan fingerprint density at radius 2 is 1.65 bits per heavy atom. The van der Waals surface area contributed by atoms with Gasteiger partial charge in [-0.3, -0.25) is 4.90 Å². The van der Waals surface area contributed by atoms with E-state index in [-0.39, 0.29) is 11.6 Å². The van der Waals surface area contributed by atoms with E-state index in [0.29, 0.717) is 32.6 Å². The Hall–Kier alpha value is -1.28. The highest BCUT2D eigenvalue weighted by Crippen LogP contribution is 2.41. The molecule has 1 saturated heterocycles. The van der Waals surface area contributed by atoms with Crippen LogP contribution in [0, 0.1) is 0 Å². The maximum atomic E-state index is 13.5. The van der Waals surface area contributed by atoms with Crippen LogP contribution in [0.4, 0.5) is 26.3 Å². The van der Waals surface area contributed by atoms with Gasteiger partial charge in [-0.1, -0.05) is 32.3 Å². The van der Waals surface area contributed by atoms with Crippen LogP contribution in [0.15, 0.2) is 18.2 Å². The molecule has 0 radical (unpaired) electrons. The molecule has 148 valence electrons. The lowest BCUT2D eigenvalue weighted by atomic mass is 9.92. The molecule has 1 heterocycles. The van der Waals surface area contributed by atoms with Gasteiger partial charge in [0.2, 0.25) is 0 Å². The SMILES string of the molecule is CCCCC[C@@H](c1ccc(C(F)(F)F)cc1C(F)(F)F)N1CCNCC1. The van der Waals surface area contributed by atoms with E-state index in [0.717, 1.165) is 31.4 Å². The number of halogens is 6. The fourth-order valence-electron chi connectivity index (χ4n) is 3.38. The van der Waals surface area contributed by atoms with Crippen LogP contribution in [0.5, 0.6) is 0 Å². The predicted molar refractivity (Wildman–Crippen MR) is 87.8 cm³/mol. The number of nitrogens with one attached hydrogen (secondary N) is 1. The second-order valence-electron chi connectivity index (χ2n) is 6.60. The van der Waals surface area contributed by atoms with Crippen molar-refractivity contribution in [2.45, 2.75) is 51.0 Å². The van der Waals surface area contributed by atoms with E-state index in [4.69, 9.17) is 0 Å². The molecule has 2 rings (SSSR count). The largest absolute Gasteiger partial charge is 0.416 e. The van der Waals surface area contributed by atoms with Crippen molar-refractivity contribution in [3.05, 3.63) is 34.9 Å². The summed E-state index contributed by atoms with van der Waals surface area (Å²) < 4.78 is 79.3. The van der Waals surface area contributed by atoms with Crippen LogP contribution < -0.4 is 5.32 Å². The molecule has 0 saturated carbocycles. The van der Waals surface area contributed by atoms with E-state index < -0.39 is 29.5 Å². The molecule has 26 heavy (non-hydrogen) atoms. The first kappa shape index (κ1) is 21.0. The van der Waals surface area contributed by atoms with E-state index in [2.05, 4.69) is 5.32 Å². The van der Waals surface area contributed by atoms with Crippen LogP contribution in [0.25, 0.3) is 0 Å². The van der Waals surface area contributed by atoms with Crippen molar-refractivity contribution in [2.75, 3.05) is 26.2 Å². The molecule has 1 aliphatic rings. The molecule has 1 atom stereocenters. The Balaban J connectivity index is 2.44. The van der Waals surface area contributed by atoms with E-state index in [9.17, 15) is 26.3 Å². The minimum atomic E-state index is -4.83. The highest BCUT2D eigenvalue weighted by Gasteiger charge is 2.40. The summed E-state index contributed by atoms with van der Waals surface area (Å²) in [4.78, 5) is 1.95. The molecule has 1 aromatic carbocycles. The predicted octanol–water partition coefficient (Wildman–Crippen LogP) is 5.25. The van der Waals surface area contributed by atoms with Gasteiger partial charge < -0.3 is 5.32 Å². The zero-order valence-electron chi connectivity index (χ0n) is 14.7. The molecule has 0 amide bonds. The zero-order valence-corrected chi connectivity index (χ0v) is 14.7. The van der Waals surface area contributed by atoms with Gasteiger partial charge >= 0.3 is 12.4 Å². The van der Waals surface area contributed by atoms with Gasteiger partial charge in [0, 0.05) is 32.2 Å². The molecule has 2 nitrogen and oxygen atoms in total. The fourth-order valence-corrected chi connectivity index (χ4v) is 3.38. The Morgan fingerprint density at radius 1 is 1.00 bits per heavy atom. The smallest absolute Gasteiger partial charge is 0.314 e. The molecule has 0 unspecified atom stereocenters. The standard InChI is InChI=1S/C18H24F6N2/c1-2-3-4-5-16(26-10-8-25-9-11-26)14-7-6-13(17(19,20)21)12-15(14)18(22,23)24/h6-7,12,16,25H,2-5,8-11H2,1H3/t16-/m0/s1. The molecule has 0 aliphatic carbocycles. The Morgan fingerprint density at radius 3 is 2.19 bits per heavy atom. The minimum Gasteiger partial charge on any atom is -0.314 e. The third-order valence-electron chi connectivity index (χ3n) is 4.72. The van der Waals surface area contributed by atoms with Crippen LogP contribution in [-0.2, 0) is 12.4 Å². The van der Waals surface area contributed by atoms with Gasteiger partial charge in [0.25, 0.3) is 0 Å². The van der Waals surface area contributed by atoms with Crippen molar-refractivity contribution in [3.8, 4) is 0 Å². The molecule has 1 aromatic rings. The second kappa shape index (κ2) is 8.61. The van der Waals surface area contributed by atoms with Crippen LogP contribution in [0.2, 0.25) is 0 Å². The van der Waals surface area contributed by atoms with Gasteiger partial charge in [-0.05, 0) is 24.1 Å². The monoisotopic (exact) mass is 382 g/mol. The second-order valence-corrected chi connectivity index (χ2v) is 6.60. The van der Waals surface area contributed by atoms with Gasteiger partial charge in [0.1, 0.15) is 0 Å². The summed E-state index contributed by atoms with van der Waals surface area (Å²) in [6.07, 6.45) is -6.58. The van der Waals surface area contributed by atoms with Crippen LogP contribution >= 0.6 is 0 Å². The quantitative estimate of drug-likeness (QED) is 0.534. The van der Waals surface area contributed by atoms with Crippen molar-refractivity contribution in [2.24, 2.45) is 0 Å². The van der Waals surface area contributed by atoms with Crippen molar-refractivity contribution < 1.29 is 26.3 Å². The number of alkyl halides is 6. The van der Waals surface area contributed by atoms with Crippen LogP contribution in [0.1, 0.15) is 55.3 Å². The summed E-state index contributed by atoms with van der Waals surface area (Å²) in [6, 6.07) is 1.51. The molecule has 0 aromatic heterocycles. The van der Waals surface area contributed by atoms with Gasteiger partial charge in [-0.15, -0.1) is 0 Å². The normalized spacial score (nSPS) is 18.1. The third kappa shape index (κ3) is 5.36. The topological polar surface area (TPSA) is 15.3 Å². The molecule has 1 N–H and O–H groups in total. The highest BCUT2D eigenvalue weighted by molar-refractivity contribution is 5.37. The summed E-state index contributed by atoms with van der Waals surface area (Å²) in [5.74, 6) is 0. The van der Waals surface area contributed by atoms with Gasteiger partial charge in [0.15, 0.2) is 0 Å². The van der Waals surface area contributed by atoms with Crippen LogP contribution in [0.3, 0.4) is 0 Å². The maximum Gasteiger partial charge on any atom is 0.416 e. The number of hydrogen-bond acceptors (Lipinski definition) is 2. The Kier molecular flexibility index (Phi) is 6.96. The summed E-state index contributed by atoms with van der Waals surface area (Å²) in [7, 11) is 0. The average Bonchev–Trinajstić information content (AvgIpc) is 2.57. The van der Waals surface area contributed by atoms with Gasteiger partial charge in [-0.25, -0.2) is 0 Å². The summed E-state index contributed by atoms with van der Waals surface area (Å²) in [5, 5.41) is 3.15. The summed E-state index contributed by atoms with van der Waals surface area (Å²) in [6.45, 7) is 4.47. The highest BCUT2D eigenvalue weighted by atomic mass is 19.4. The molecule has 8 heteroatoms. The number of piperazine rings is 1. The lowest BCUT2D eigenvalue weighted by molar-refractivity contribution is -0.143. The zero-order chi connectivity index (χ0) is 19.4. The molecule has 0 bridgehead atoms. The molecular formula is C18H24F6N2. The fraction of sp³-hybridized carbons (Fsp3) is 0.667. The van der Waals surface area contributed by atoms with E-state index in [1.165, 1.54) is 0 Å². The lowest BCUT2D eigenvalue weighted by Crippen LogP contribution is -2.45. The van der Waals surface area contributed by atoms with Crippen molar-refractivity contribution in [3.63, 3.8) is 0 Å². The van der Waals surface area contributed by atoms with Gasteiger partial charge in [-0.2, -0.15) is 26.3 Å². The minimum absolute atomic E-state index is 0.0523. The van der Waals surface area contributed by atoms with E-state index in [1.54, 1.807) is 0 Å². The maximum absolute atomic E-state index is 13.5. The van der Waals surface area contributed by atoms with Crippen LogP contribution in [-0.4, -0.2) is 31.1 Å². The first-order chi connectivity index (χ1) is 12.1. The van der Waals surface area contributed by atoms with Crippen molar-refractivity contribution in [1.82, 2.24) is 10.2 Å². The first-order valence-corrected chi connectivity index (χ1v) is 8.87. The van der Waals surface area contributed by atoms with Crippen molar-refractivity contribution >= 4 is 0 Å². The van der Waals surface area contributed by atoms with E-state index in [1.807, 2.05) is 11.8 Å². The third-order valence-corrected chi connectivity index (χ3v) is 4.72. The average molecular weight is 382 g/mol. The van der Waals surface area contributed by atoms with Crippen molar-refractivity contribution in [1.29, 1.82) is 0 Å². The number of rotatable bonds is 6. The summed E-state index contributed by atoms with van der Waals surface area (Å²) in [5.41, 5.74) is -2.49. The molecular weight excluding hydrogens is 358 g/mol. The Bertz CT molecular complexity index is 576. The first-order valence-electron chi connectivity index (χ1n) is 8.87. The van der Waals surface area contributed by atoms with Gasteiger partial charge in [0.05, 0.1) is 11.1 Å². The lowest BCUT2D eigenvalue weighted by Gasteiger charge is -2.36. The molecule has 0 spiro atoms. The van der Waals surface area contributed by atoms with E-state index >= 15 is 0 Å². The number of nitrogens with zero attached hydrogens (tertiary/aromatic N) is 1. The Labute approximate surface area is 149 Å².